The van der Waals surface area contributed by atoms with Crippen molar-refractivity contribution in [2.24, 2.45) is 0 Å². The summed E-state index contributed by atoms with van der Waals surface area (Å²) in [4.78, 5) is 11.2. The molecule has 0 N–H and O–H groups in total. The van der Waals surface area contributed by atoms with E-state index in [1.54, 1.807) is 0 Å². The van der Waals surface area contributed by atoms with Crippen LogP contribution in [0.5, 0.6) is 11.5 Å². The van der Waals surface area contributed by atoms with Gasteiger partial charge in [-0.2, -0.15) is 0 Å². The molecule has 1 aromatic rings. The second-order valence-corrected chi connectivity index (χ2v) is 7.19. The molecule has 0 saturated carbocycles. The maximum absolute atomic E-state index is 11.2. The van der Waals surface area contributed by atoms with E-state index in [4.69, 9.17) is 21.1 Å². The highest BCUT2D eigenvalue weighted by Gasteiger charge is 2.15. The number of hydrogen-bond acceptors (Lipinski definition) is 3. The van der Waals surface area contributed by atoms with Gasteiger partial charge < -0.3 is 9.47 Å². The lowest BCUT2D eigenvalue weighted by molar-refractivity contribution is -0.117. The molecule has 0 bridgehead atoms. The number of rotatable bonds is 16. The van der Waals surface area contributed by atoms with Gasteiger partial charge in [-0.3, -0.25) is 4.79 Å². The van der Waals surface area contributed by atoms with Crippen LogP contribution in [-0.2, 0) is 4.79 Å². The Bertz CT molecular complexity index is 473. The molecule has 1 aromatic carbocycles. The molecule has 4 heteroatoms. The molecule has 26 heavy (non-hydrogen) atoms. The summed E-state index contributed by atoms with van der Waals surface area (Å²) in [6.07, 6.45) is 13.2. The molecule has 0 aliphatic heterocycles. The lowest BCUT2D eigenvalue weighted by atomic mass is 10.1. The fourth-order valence-electron chi connectivity index (χ4n) is 2.85. The van der Waals surface area contributed by atoms with Crippen molar-refractivity contribution in [3.05, 3.63) is 24.3 Å². The zero-order valence-corrected chi connectivity index (χ0v) is 17.2. The molecular formula is C22H35ClO3. The average molecular weight is 383 g/mol. The Balaban J connectivity index is 2.06. The van der Waals surface area contributed by atoms with Crippen molar-refractivity contribution in [2.75, 3.05) is 6.61 Å². The molecule has 0 aliphatic rings. The highest BCUT2D eigenvalue weighted by molar-refractivity contribution is 6.64. The van der Waals surface area contributed by atoms with Crippen LogP contribution < -0.4 is 9.47 Å². The lowest BCUT2D eigenvalue weighted by Crippen LogP contribution is -2.22. The quantitative estimate of drug-likeness (QED) is 0.230. The van der Waals surface area contributed by atoms with E-state index >= 15 is 0 Å². The summed E-state index contributed by atoms with van der Waals surface area (Å²) in [7, 11) is 0. The summed E-state index contributed by atoms with van der Waals surface area (Å²) in [6.45, 7) is 4.87. The Kier molecular flexibility index (Phi) is 13.1. The van der Waals surface area contributed by atoms with Crippen molar-refractivity contribution in [2.45, 2.75) is 90.6 Å². The maximum atomic E-state index is 11.2. The molecule has 0 aliphatic carbocycles. The fraction of sp³-hybridized carbons (Fsp3) is 0.682. The Labute approximate surface area is 164 Å². The summed E-state index contributed by atoms with van der Waals surface area (Å²) >= 11 is 5.49. The van der Waals surface area contributed by atoms with E-state index in [9.17, 15) is 4.79 Å². The van der Waals surface area contributed by atoms with Gasteiger partial charge >= 0.3 is 0 Å². The van der Waals surface area contributed by atoms with Crippen LogP contribution >= 0.6 is 11.6 Å². The summed E-state index contributed by atoms with van der Waals surface area (Å²) in [5, 5.41) is -0.464. The van der Waals surface area contributed by atoms with Gasteiger partial charge in [-0.15, -0.1) is 0 Å². The Morgan fingerprint density at radius 1 is 0.846 bits per heavy atom. The van der Waals surface area contributed by atoms with Crippen molar-refractivity contribution in [1.82, 2.24) is 0 Å². The second kappa shape index (κ2) is 14.9. The van der Waals surface area contributed by atoms with Gasteiger partial charge in [-0.25, -0.2) is 0 Å². The highest BCUT2D eigenvalue weighted by Crippen LogP contribution is 2.20. The van der Waals surface area contributed by atoms with Gasteiger partial charge in [-0.1, -0.05) is 71.6 Å². The molecule has 148 valence electrons. The number of benzene rings is 1. The molecule has 1 unspecified atom stereocenters. The number of halogens is 1. The summed E-state index contributed by atoms with van der Waals surface area (Å²) < 4.78 is 11.3. The van der Waals surface area contributed by atoms with E-state index in [0.29, 0.717) is 12.2 Å². The first kappa shape index (κ1) is 22.8. The van der Waals surface area contributed by atoms with E-state index in [-0.39, 0.29) is 0 Å². The normalized spacial score (nSPS) is 12.0. The molecule has 0 saturated heterocycles. The number of unbranched alkanes of at least 4 members (excludes halogenated alkanes) is 9. The molecule has 1 atom stereocenters. The minimum absolute atomic E-state index is 0.464. The molecule has 3 nitrogen and oxygen atoms in total. The van der Waals surface area contributed by atoms with Gasteiger partial charge in [0.05, 0.1) is 6.61 Å². The largest absolute Gasteiger partial charge is 0.494 e. The zero-order valence-electron chi connectivity index (χ0n) is 16.5. The van der Waals surface area contributed by atoms with Crippen LogP contribution in [0.15, 0.2) is 24.3 Å². The van der Waals surface area contributed by atoms with E-state index < -0.39 is 11.3 Å². The monoisotopic (exact) mass is 382 g/mol. The standard InChI is InChI=1S/C22H35ClO3/c1-3-5-6-7-8-9-10-11-12-13-18-25-19-14-16-20(17-15-19)26-21(4-2)22(23)24/h14-17,21H,3-13,18H2,1-2H3. The van der Waals surface area contributed by atoms with Gasteiger partial charge in [0.25, 0.3) is 5.24 Å². The smallest absolute Gasteiger partial charge is 0.262 e. The van der Waals surface area contributed by atoms with Gasteiger partial charge in [0.15, 0.2) is 6.10 Å². The number of hydrogen-bond donors (Lipinski definition) is 0. The lowest BCUT2D eigenvalue weighted by Gasteiger charge is -2.13. The van der Waals surface area contributed by atoms with Crippen LogP contribution in [-0.4, -0.2) is 18.0 Å². The molecule has 0 aromatic heterocycles. The maximum Gasteiger partial charge on any atom is 0.262 e. The third kappa shape index (κ3) is 10.7. The van der Waals surface area contributed by atoms with E-state index in [0.717, 1.165) is 18.8 Å². The van der Waals surface area contributed by atoms with Crippen LogP contribution in [0.2, 0.25) is 0 Å². The van der Waals surface area contributed by atoms with Gasteiger partial charge in [0, 0.05) is 0 Å². The first-order valence-corrected chi connectivity index (χ1v) is 10.6. The van der Waals surface area contributed by atoms with Crippen LogP contribution in [0.4, 0.5) is 0 Å². The predicted octanol–water partition coefficient (Wildman–Crippen LogP) is 6.91. The van der Waals surface area contributed by atoms with Crippen molar-refractivity contribution in [3.63, 3.8) is 0 Å². The fourth-order valence-corrected chi connectivity index (χ4v) is 3.05. The highest BCUT2D eigenvalue weighted by atomic mass is 35.5. The number of ether oxygens (including phenoxy) is 2. The van der Waals surface area contributed by atoms with Gasteiger partial charge in [0.1, 0.15) is 11.5 Å². The molecule has 0 radical (unpaired) electrons. The van der Waals surface area contributed by atoms with Crippen LogP contribution in [0.25, 0.3) is 0 Å². The SMILES string of the molecule is CCCCCCCCCCCCOc1ccc(OC(CC)C(=O)Cl)cc1. The minimum atomic E-state index is -0.588. The van der Waals surface area contributed by atoms with Crippen molar-refractivity contribution >= 4 is 16.8 Å². The number of carbonyl (C=O) groups is 1. The molecular weight excluding hydrogens is 348 g/mol. The third-order valence-corrected chi connectivity index (χ3v) is 4.74. The zero-order chi connectivity index (χ0) is 19.0. The molecule has 1 rings (SSSR count). The predicted molar refractivity (Wildman–Crippen MR) is 109 cm³/mol. The first-order valence-electron chi connectivity index (χ1n) is 10.3. The Hall–Kier alpha value is -1.22. The van der Waals surface area contributed by atoms with Crippen LogP contribution in [0.3, 0.4) is 0 Å². The average Bonchev–Trinajstić information content (AvgIpc) is 2.65. The molecule has 0 heterocycles. The van der Waals surface area contributed by atoms with Gasteiger partial charge in [0.2, 0.25) is 0 Å². The Morgan fingerprint density at radius 3 is 1.85 bits per heavy atom. The van der Waals surface area contributed by atoms with E-state index in [1.165, 1.54) is 57.8 Å². The van der Waals surface area contributed by atoms with E-state index in [2.05, 4.69) is 6.92 Å². The topological polar surface area (TPSA) is 35.5 Å². The third-order valence-electron chi connectivity index (χ3n) is 4.49. The summed E-state index contributed by atoms with van der Waals surface area (Å²) in [6, 6.07) is 7.38. The van der Waals surface area contributed by atoms with Gasteiger partial charge in [-0.05, 0) is 48.7 Å². The van der Waals surface area contributed by atoms with Crippen molar-refractivity contribution in [1.29, 1.82) is 0 Å². The van der Waals surface area contributed by atoms with Crippen molar-refractivity contribution in [3.8, 4) is 11.5 Å². The molecule has 0 amide bonds. The molecule has 0 spiro atoms. The van der Waals surface area contributed by atoms with Crippen molar-refractivity contribution < 1.29 is 14.3 Å². The number of carbonyl (C=O) groups excluding carboxylic acids is 1. The Morgan fingerprint density at radius 2 is 1.35 bits per heavy atom. The van der Waals surface area contributed by atoms with Crippen LogP contribution in [0, 0.1) is 0 Å². The minimum Gasteiger partial charge on any atom is -0.494 e. The molecule has 0 fully saturated rings. The first-order chi connectivity index (χ1) is 12.7. The summed E-state index contributed by atoms with van der Waals surface area (Å²) in [5.41, 5.74) is 0. The second-order valence-electron chi connectivity index (χ2n) is 6.82. The van der Waals surface area contributed by atoms with E-state index in [1.807, 2.05) is 31.2 Å². The van der Waals surface area contributed by atoms with Crippen LogP contribution in [0.1, 0.15) is 84.5 Å². The summed E-state index contributed by atoms with van der Waals surface area (Å²) in [5.74, 6) is 1.47.